The molecule has 2 atom stereocenters. The van der Waals surface area contributed by atoms with E-state index in [9.17, 15) is 15.6 Å². The van der Waals surface area contributed by atoms with Crippen LogP contribution in [0, 0.1) is 29.6 Å². The van der Waals surface area contributed by atoms with E-state index in [1.807, 2.05) is 41.3 Å². The van der Waals surface area contributed by atoms with Crippen LogP contribution < -0.4 is 0 Å². The molecule has 3 heterocycles. The van der Waals surface area contributed by atoms with Crippen LogP contribution in [0.15, 0.2) is 58.7 Å². The zero-order valence-corrected chi connectivity index (χ0v) is 19.0. The molecule has 1 aliphatic carbocycles. The summed E-state index contributed by atoms with van der Waals surface area (Å²) in [6.07, 6.45) is 8.65. The van der Waals surface area contributed by atoms with E-state index in [1.54, 1.807) is 16.8 Å². The fourth-order valence-electron chi connectivity index (χ4n) is 4.59. The molecule has 3 aromatic heterocycles. The molecule has 0 aliphatic heterocycles. The van der Waals surface area contributed by atoms with Gasteiger partial charge in [0.25, 0.3) is 0 Å². The molecule has 0 spiro atoms. The van der Waals surface area contributed by atoms with Crippen LogP contribution in [0.1, 0.15) is 48.5 Å². The summed E-state index contributed by atoms with van der Waals surface area (Å²) >= 11 is 1.46. The average Bonchev–Trinajstić information content (AvgIpc) is 3.42. The maximum atomic E-state index is 10.1. The molecule has 4 aromatic rings. The van der Waals surface area contributed by atoms with Crippen LogP contribution in [-0.4, -0.2) is 30.6 Å². The molecule has 1 aliphatic rings. The first kappa shape index (κ1) is 21.3. The van der Waals surface area contributed by atoms with Gasteiger partial charge in [0.05, 0.1) is 41.2 Å². The van der Waals surface area contributed by atoms with Gasteiger partial charge in [-0.05, 0) is 50.8 Å². The van der Waals surface area contributed by atoms with Crippen molar-refractivity contribution in [3.8, 4) is 23.3 Å². The molecule has 1 fully saturated rings. The average molecular weight is 455 g/mol. The zero-order chi connectivity index (χ0) is 22.9. The van der Waals surface area contributed by atoms with Crippen LogP contribution in [0.3, 0.4) is 0 Å². The normalized spacial score (nSPS) is 18.2. The number of aliphatic hydroxyl groups excluding tert-OH is 1. The number of benzene rings is 1. The van der Waals surface area contributed by atoms with E-state index >= 15 is 0 Å². The van der Waals surface area contributed by atoms with E-state index in [4.69, 9.17) is 0 Å². The second-order valence-electron chi connectivity index (χ2n) is 8.33. The summed E-state index contributed by atoms with van der Waals surface area (Å²) in [5, 5.41) is 38.3. The van der Waals surface area contributed by atoms with Crippen LogP contribution in [0.25, 0.3) is 16.6 Å². The predicted octanol–water partition coefficient (Wildman–Crippen LogP) is 4.88. The van der Waals surface area contributed by atoms with E-state index in [1.165, 1.54) is 11.8 Å². The Kier molecular flexibility index (Phi) is 5.63. The van der Waals surface area contributed by atoms with Crippen molar-refractivity contribution in [3.63, 3.8) is 0 Å². The summed E-state index contributed by atoms with van der Waals surface area (Å²) in [6, 6.07) is 14.1. The van der Waals surface area contributed by atoms with Gasteiger partial charge in [0.15, 0.2) is 0 Å². The number of nitriles is 2. The number of fused-ring (bicyclic) bond motifs is 1. The van der Waals surface area contributed by atoms with Crippen molar-refractivity contribution in [2.24, 2.45) is 0 Å². The first-order valence-corrected chi connectivity index (χ1v) is 11.7. The highest BCUT2D eigenvalue weighted by atomic mass is 32.2. The van der Waals surface area contributed by atoms with E-state index in [0.29, 0.717) is 11.1 Å². The molecule has 7 nitrogen and oxygen atoms in total. The number of pyridine rings is 1. The summed E-state index contributed by atoms with van der Waals surface area (Å²) < 4.78 is 3.76. The lowest BCUT2D eigenvalue weighted by molar-refractivity contribution is 0.0995. The zero-order valence-electron chi connectivity index (χ0n) is 18.1. The lowest BCUT2D eigenvalue weighted by Gasteiger charge is -2.27. The molecule has 8 heteroatoms. The van der Waals surface area contributed by atoms with Crippen molar-refractivity contribution in [2.45, 2.75) is 54.5 Å². The van der Waals surface area contributed by atoms with E-state index < -0.39 is 0 Å². The molecule has 1 aromatic carbocycles. The minimum Gasteiger partial charge on any atom is -0.393 e. The molecule has 0 radical (unpaired) electrons. The van der Waals surface area contributed by atoms with Gasteiger partial charge in [0, 0.05) is 32.8 Å². The fourth-order valence-corrected chi connectivity index (χ4v) is 5.69. The molecule has 0 amide bonds. The first-order valence-electron chi connectivity index (χ1n) is 10.9. The quantitative estimate of drug-likeness (QED) is 0.472. The molecule has 164 valence electrons. The van der Waals surface area contributed by atoms with Gasteiger partial charge in [-0.1, -0.05) is 23.9 Å². The Morgan fingerprint density at radius 1 is 1.06 bits per heavy atom. The SMILES string of the molecule is Cc1c(-c2cc(Sc3ccccc3C#N)c3c(C#N)cnn3c2)cnn1[C@H]1CCC[C@@H](O)C1. The molecular formula is C25H22N6OS. The summed E-state index contributed by atoms with van der Waals surface area (Å²) in [4.78, 5) is 1.68. The van der Waals surface area contributed by atoms with Gasteiger partial charge in [0.1, 0.15) is 12.1 Å². The molecule has 0 unspecified atom stereocenters. The predicted molar refractivity (Wildman–Crippen MR) is 125 cm³/mol. The van der Waals surface area contributed by atoms with Crippen molar-refractivity contribution in [1.29, 1.82) is 10.5 Å². The topological polar surface area (TPSA) is 103 Å². The Hall–Kier alpha value is -3.59. The highest BCUT2D eigenvalue weighted by molar-refractivity contribution is 7.99. The summed E-state index contributed by atoms with van der Waals surface area (Å²) in [6.45, 7) is 2.05. The smallest absolute Gasteiger partial charge is 0.103 e. The van der Waals surface area contributed by atoms with Gasteiger partial charge in [-0.15, -0.1) is 0 Å². The second kappa shape index (κ2) is 8.74. The largest absolute Gasteiger partial charge is 0.393 e. The summed E-state index contributed by atoms with van der Waals surface area (Å²) in [5.41, 5.74) is 4.76. The Balaban J connectivity index is 1.61. The second-order valence-corrected chi connectivity index (χ2v) is 9.41. The minimum atomic E-state index is -0.274. The highest BCUT2D eigenvalue weighted by Crippen LogP contribution is 2.38. The van der Waals surface area contributed by atoms with Crippen molar-refractivity contribution in [3.05, 3.63) is 65.7 Å². The van der Waals surface area contributed by atoms with Gasteiger partial charge in [-0.2, -0.15) is 20.7 Å². The third-order valence-electron chi connectivity index (χ3n) is 6.25. The molecule has 33 heavy (non-hydrogen) atoms. The van der Waals surface area contributed by atoms with E-state index in [-0.39, 0.29) is 12.1 Å². The highest BCUT2D eigenvalue weighted by Gasteiger charge is 2.25. The van der Waals surface area contributed by atoms with Gasteiger partial charge in [-0.3, -0.25) is 4.68 Å². The first-order chi connectivity index (χ1) is 16.1. The van der Waals surface area contributed by atoms with Crippen molar-refractivity contribution >= 4 is 17.3 Å². The monoisotopic (exact) mass is 454 g/mol. The molecular weight excluding hydrogens is 432 g/mol. The fraction of sp³-hybridized carbons (Fsp3) is 0.280. The summed E-state index contributed by atoms with van der Waals surface area (Å²) in [7, 11) is 0. The Bertz CT molecular complexity index is 1420. The lowest BCUT2D eigenvalue weighted by Crippen LogP contribution is -2.23. The van der Waals surface area contributed by atoms with Gasteiger partial charge < -0.3 is 5.11 Å². The van der Waals surface area contributed by atoms with Gasteiger partial charge >= 0.3 is 0 Å². The number of nitrogens with zero attached hydrogens (tertiary/aromatic N) is 6. The van der Waals surface area contributed by atoms with Gasteiger partial charge in [0.2, 0.25) is 0 Å². The Morgan fingerprint density at radius 3 is 2.67 bits per heavy atom. The molecule has 5 rings (SSSR count). The van der Waals surface area contributed by atoms with Crippen LogP contribution in [0.5, 0.6) is 0 Å². The molecule has 1 N–H and O–H groups in total. The number of aliphatic hydroxyl groups is 1. The number of aromatic nitrogens is 4. The van der Waals surface area contributed by atoms with Crippen molar-refractivity contribution in [2.75, 3.05) is 0 Å². The minimum absolute atomic E-state index is 0.192. The van der Waals surface area contributed by atoms with Crippen LogP contribution in [0.2, 0.25) is 0 Å². The number of hydrogen-bond acceptors (Lipinski definition) is 6. The van der Waals surface area contributed by atoms with Crippen LogP contribution in [0.4, 0.5) is 0 Å². The van der Waals surface area contributed by atoms with E-state index in [0.717, 1.165) is 57.8 Å². The summed E-state index contributed by atoms with van der Waals surface area (Å²) in [5.74, 6) is 0. The van der Waals surface area contributed by atoms with Crippen molar-refractivity contribution < 1.29 is 5.11 Å². The van der Waals surface area contributed by atoms with Gasteiger partial charge in [-0.25, -0.2) is 4.52 Å². The molecule has 0 bridgehead atoms. The molecule has 1 saturated carbocycles. The van der Waals surface area contributed by atoms with Crippen molar-refractivity contribution in [1.82, 2.24) is 19.4 Å². The lowest BCUT2D eigenvalue weighted by atomic mass is 9.93. The third-order valence-corrected chi connectivity index (χ3v) is 7.35. The molecule has 0 saturated heterocycles. The number of hydrogen-bond donors (Lipinski definition) is 1. The Morgan fingerprint density at radius 2 is 1.88 bits per heavy atom. The standard InChI is InChI=1S/C25H22N6OS/c1-16-22(14-29-31(16)20-6-4-7-21(32)10-20)18-9-24(25-19(12-27)13-28-30(25)15-18)33-23-8-3-2-5-17(23)11-26/h2-3,5,8-9,13-15,20-21,32H,4,6-7,10H2,1H3/t20-,21+/m0/s1. The van der Waals surface area contributed by atoms with Crippen LogP contribution in [-0.2, 0) is 0 Å². The van der Waals surface area contributed by atoms with E-state index in [2.05, 4.69) is 29.3 Å². The maximum absolute atomic E-state index is 10.1. The Labute approximate surface area is 195 Å². The maximum Gasteiger partial charge on any atom is 0.103 e. The third kappa shape index (κ3) is 3.89. The number of rotatable bonds is 4. The van der Waals surface area contributed by atoms with Crippen LogP contribution >= 0.6 is 11.8 Å².